The molecule has 2 N–H and O–H groups in total. The zero-order valence-electron chi connectivity index (χ0n) is 14.6. The van der Waals surface area contributed by atoms with Crippen LogP contribution >= 0.6 is 0 Å². The van der Waals surface area contributed by atoms with Crippen molar-refractivity contribution in [3.05, 3.63) is 51.9 Å². The quantitative estimate of drug-likeness (QED) is 0.728. The fraction of sp³-hybridized carbons (Fsp3) is 0.278. The van der Waals surface area contributed by atoms with Gasteiger partial charge in [0.2, 0.25) is 0 Å². The van der Waals surface area contributed by atoms with Crippen molar-refractivity contribution in [2.45, 2.75) is 13.0 Å². The number of ether oxygens (including phenoxy) is 1. The molecule has 134 valence electrons. The van der Waals surface area contributed by atoms with Gasteiger partial charge in [0.25, 0.3) is 5.56 Å². The average Bonchev–Trinajstić information content (AvgIpc) is 3.11. The molecular formula is C18H19N5O3. The highest BCUT2D eigenvalue weighted by Gasteiger charge is 2.25. The van der Waals surface area contributed by atoms with Crippen LogP contribution in [0.1, 0.15) is 11.3 Å². The summed E-state index contributed by atoms with van der Waals surface area (Å²) in [7, 11) is 3.20. The average molecular weight is 353 g/mol. The Kier molecular flexibility index (Phi) is 3.87. The van der Waals surface area contributed by atoms with Crippen molar-refractivity contribution in [2.24, 2.45) is 0 Å². The van der Waals surface area contributed by atoms with Crippen LogP contribution in [-0.4, -0.2) is 46.2 Å². The van der Waals surface area contributed by atoms with Gasteiger partial charge in [-0.15, -0.1) is 0 Å². The maximum Gasteiger partial charge on any atom is 0.317 e. The summed E-state index contributed by atoms with van der Waals surface area (Å²) in [6, 6.07) is 9.23. The van der Waals surface area contributed by atoms with Crippen LogP contribution in [-0.2, 0) is 13.0 Å². The molecule has 3 heterocycles. The summed E-state index contributed by atoms with van der Waals surface area (Å²) in [6.45, 7) is 0.811. The molecule has 0 fully saturated rings. The van der Waals surface area contributed by atoms with Gasteiger partial charge in [-0.2, -0.15) is 0 Å². The minimum atomic E-state index is -0.189. The minimum absolute atomic E-state index is 0.168. The van der Waals surface area contributed by atoms with Crippen molar-refractivity contribution in [2.75, 3.05) is 20.7 Å². The molecule has 0 bridgehead atoms. The van der Waals surface area contributed by atoms with Gasteiger partial charge < -0.3 is 15.0 Å². The molecule has 0 atom stereocenters. The smallest absolute Gasteiger partial charge is 0.317 e. The number of methoxy groups -OCH3 is 1. The summed E-state index contributed by atoms with van der Waals surface area (Å²) in [4.78, 5) is 31.0. The van der Waals surface area contributed by atoms with Gasteiger partial charge in [0.1, 0.15) is 5.75 Å². The first-order valence-corrected chi connectivity index (χ1v) is 8.35. The Hall–Kier alpha value is -3.29. The van der Waals surface area contributed by atoms with E-state index in [1.54, 1.807) is 19.1 Å². The predicted molar refractivity (Wildman–Crippen MR) is 96.4 cm³/mol. The normalized spacial score (nSPS) is 13.5. The summed E-state index contributed by atoms with van der Waals surface area (Å²) in [5.74, 6) is 0.768. The number of carbonyl (C=O) groups is 1. The van der Waals surface area contributed by atoms with Crippen LogP contribution in [0.4, 0.5) is 4.79 Å². The highest BCUT2D eigenvalue weighted by atomic mass is 16.5. The summed E-state index contributed by atoms with van der Waals surface area (Å²) >= 11 is 0. The molecule has 1 aliphatic heterocycles. The Balaban J connectivity index is 1.76. The summed E-state index contributed by atoms with van der Waals surface area (Å²) in [5, 5.41) is 5.70. The van der Waals surface area contributed by atoms with Crippen LogP contribution < -0.4 is 15.6 Å². The van der Waals surface area contributed by atoms with Crippen LogP contribution in [0.2, 0.25) is 0 Å². The molecule has 0 aliphatic carbocycles. The first-order chi connectivity index (χ1) is 12.6. The lowest BCUT2D eigenvalue weighted by molar-refractivity contribution is 0.194. The standard InChI is InChI=1S/C18H19N5O3/c1-19-18(25)22-8-7-14-13(10-22)17(24)23-16(20-14)9-15(21-23)11-3-5-12(26-2)6-4-11/h3-6,9,21H,7-8,10H2,1-2H3,(H,19,25). The number of fused-ring (bicyclic) bond motifs is 2. The Morgan fingerprint density at radius 2 is 2.08 bits per heavy atom. The molecule has 0 spiro atoms. The van der Waals surface area contributed by atoms with Gasteiger partial charge in [0, 0.05) is 26.1 Å². The maximum absolute atomic E-state index is 12.9. The monoisotopic (exact) mass is 353 g/mol. The van der Waals surface area contributed by atoms with Crippen molar-refractivity contribution in [3.8, 4) is 17.0 Å². The van der Waals surface area contributed by atoms with Gasteiger partial charge in [0.05, 0.1) is 30.6 Å². The first kappa shape index (κ1) is 16.2. The van der Waals surface area contributed by atoms with Crippen LogP contribution in [0.15, 0.2) is 35.1 Å². The zero-order valence-corrected chi connectivity index (χ0v) is 14.6. The molecule has 1 aromatic carbocycles. The van der Waals surface area contributed by atoms with Crippen LogP contribution in [0.5, 0.6) is 5.75 Å². The molecular weight excluding hydrogens is 334 g/mol. The zero-order chi connectivity index (χ0) is 18.3. The summed E-state index contributed by atoms with van der Waals surface area (Å²) in [5.41, 5.74) is 3.45. The number of hydrogen-bond donors (Lipinski definition) is 2. The number of urea groups is 1. The number of nitrogens with zero attached hydrogens (tertiary/aromatic N) is 3. The molecule has 8 nitrogen and oxygen atoms in total. The van der Waals surface area contributed by atoms with E-state index in [4.69, 9.17) is 4.74 Å². The van der Waals surface area contributed by atoms with Gasteiger partial charge in [-0.25, -0.2) is 14.3 Å². The van der Waals surface area contributed by atoms with Crippen molar-refractivity contribution >= 4 is 11.7 Å². The number of carbonyl (C=O) groups excluding carboxylic acids is 1. The number of rotatable bonds is 2. The van der Waals surface area contributed by atoms with E-state index < -0.39 is 0 Å². The number of amides is 2. The number of aromatic nitrogens is 3. The third-order valence-electron chi connectivity index (χ3n) is 4.66. The Bertz CT molecular complexity index is 1040. The van der Waals surface area contributed by atoms with E-state index >= 15 is 0 Å². The molecule has 0 saturated carbocycles. The van der Waals surface area contributed by atoms with E-state index in [0.717, 1.165) is 22.7 Å². The van der Waals surface area contributed by atoms with E-state index in [0.29, 0.717) is 24.2 Å². The summed E-state index contributed by atoms with van der Waals surface area (Å²) in [6.07, 6.45) is 0.567. The van der Waals surface area contributed by atoms with Gasteiger partial charge in [-0.1, -0.05) is 0 Å². The number of aromatic amines is 1. The molecule has 2 aromatic heterocycles. The fourth-order valence-electron chi connectivity index (χ4n) is 3.23. The van der Waals surface area contributed by atoms with Crippen molar-refractivity contribution in [1.29, 1.82) is 0 Å². The second-order valence-electron chi connectivity index (χ2n) is 6.16. The van der Waals surface area contributed by atoms with Crippen LogP contribution in [0.3, 0.4) is 0 Å². The minimum Gasteiger partial charge on any atom is -0.497 e. The highest BCUT2D eigenvalue weighted by Crippen LogP contribution is 2.23. The lowest BCUT2D eigenvalue weighted by atomic mass is 10.1. The lowest BCUT2D eigenvalue weighted by Crippen LogP contribution is -2.44. The molecule has 3 aromatic rings. The van der Waals surface area contributed by atoms with E-state index in [9.17, 15) is 9.59 Å². The lowest BCUT2D eigenvalue weighted by Gasteiger charge is -2.27. The Labute approximate surface area is 149 Å². The van der Waals surface area contributed by atoms with Gasteiger partial charge in [0.15, 0.2) is 5.65 Å². The largest absolute Gasteiger partial charge is 0.497 e. The van der Waals surface area contributed by atoms with E-state index in [-0.39, 0.29) is 18.1 Å². The topological polar surface area (TPSA) is 91.7 Å². The van der Waals surface area contributed by atoms with Crippen LogP contribution in [0, 0.1) is 0 Å². The molecule has 4 rings (SSSR count). The molecule has 0 unspecified atom stereocenters. The molecule has 8 heteroatoms. The highest BCUT2D eigenvalue weighted by molar-refractivity contribution is 5.74. The SMILES string of the molecule is CNC(=O)N1CCc2nc3cc(-c4ccc(OC)cc4)[nH]n3c(=O)c2C1. The number of nitrogens with one attached hydrogen (secondary N) is 2. The number of hydrogen-bond acceptors (Lipinski definition) is 4. The number of H-pyrrole nitrogens is 1. The molecule has 1 aliphatic rings. The maximum atomic E-state index is 12.9. The molecule has 0 radical (unpaired) electrons. The van der Waals surface area contributed by atoms with Gasteiger partial charge in [-0.3, -0.25) is 9.89 Å². The van der Waals surface area contributed by atoms with Crippen molar-refractivity contribution < 1.29 is 9.53 Å². The Morgan fingerprint density at radius 1 is 1.31 bits per heavy atom. The Morgan fingerprint density at radius 3 is 2.77 bits per heavy atom. The van der Waals surface area contributed by atoms with E-state index in [1.165, 1.54) is 4.52 Å². The molecule has 2 amide bonds. The summed E-state index contributed by atoms with van der Waals surface area (Å²) < 4.78 is 6.61. The second kappa shape index (κ2) is 6.21. The van der Waals surface area contributed by atoms with E-state index in [1.807, 2.05) is 30.3 Å². The van der Waals surface area contributed by atoms with Gasteiger partial charge in [-0.05, 0) is 29.8 Å². The molecule has 0 saturated heterocycles. The van der Waals surface area contributed by atoms with Gasteiger partial charge >= 0.3 is 6.03 Å². The first-order valence-electron chi connectivity index (χ1n) is 8.35. The van der Waals surface area contributed by atoms with Crippen molar-refractivity contribution in [1.82, 2.24) is 24.8 Å². The predicted octanol–water partition coefficient (Wildman–Crippen LogP) is 1.40. The van der Waals surface area contributed by atoms with Crippen molar-refractivity contribution in [3.63, 3.8) is 0 Å². The van der Waals surface area contributed by atoms with E-state index in [2.05, 4.69) is 15.4 Å². The third-order valence-corrected chi connectivity index (χ3v) is 4.66. The fourth-order valence-corrected chi connectivity index (χ4v) is 3.23. The van der Waals surface area contributed by atoms with Crippen LogP contribution in [0.25, 0.3) is 16.9 Å². The third kappa shape index (κ3) is 2.59. The molecule has 26 heavy (non-hydrogen) atoms. The number of benzene rings is 1. The second-order valence-corrected chi connectivity index (χ2v) is 6.16.